The number of ether oxygens (including phenoxy) is 1. The molecule has 0 spiro atoms. The van der Waals surface area contributed by atoms with Crippen LogP contribution in [0.15, 0.2) is 41.3 Å². The van der Waals surface area contributed by atoms with E-state index in [2.05, 4.69) is 30.8 Å². The number of quaternary nitrogens is 1. The molecule has 0 atom stereocenters. The Labute approximate surface area is 341 Å². The lowest BCUT2D eigenvalue weighted by molar-refractivity contribution is -0.870. The van der Waals surface area contributed by atoms with Crippen LogP contribution >= 0.6 is 23.2 Å². The number of unbranched alkanes of at least 4 members (excludes halogenated alkanes) is 2. The van der Waals surface area contributed by atoms with Crippen molar-refractivity contribution >= 4 is 61.9 Å². The van der Waals surface area contributed by atoms with Gasteiger partial charge in [0.25, 0.3) is 0 Å². The third-order valence-electron chi connectivity index (χ3n) is 10.0. The molecule has 3 aromatic rings. The van der Waals surface area contributed by atoms with Crippen LogP contribution in [-0.4, -0.2) is 116 Å². The second kappa shape index (κ2) is 18.9. The van der Waals surface area contributed by atoms with E-state index in [0.29, 0.717) is 75.1 Å². The second-order valence-electron chi connectivity index (χ2n) is 15.6. The molecule has 314 valence electrons. The molecule has 0 radical (unpaired) electrons. The van der Waals surface area contributed by atoms with Crippen molar-refractivity contribution < 1.29 is 50.3 Å². The van der Waals surface area contributed by atoms with Gasteiger partial charge in [-0.2, -0.15) is 17.9 Å². The lowest BCUT2D eigenvalue weighted by atomic mass is 9.96. The Balaban J connectivity index is 0.000000940. The maximum atomic E-state index is 14.1. The highest BCUT2D eigenvalue weighted by atomic mass is 35.5. The van der Waals surface area contributed by atoms with Crippen molar-refractivity contribution in [2.75, 3.05) is 53.9 Å². The van der Waals surface area contributed by atoms with E-state index >= 15 is 0 Å². The van der Waals surface area contributed by atoms with E-state index in [-0.39, 0.29) is 33.4 Å². The van der Waals surface area contributed by atoms with Crippen LogP contribution < -0.4 is 9.46 Å². The quantitative estimate of drug-likeness (QED) is 0.140. The number of nitrogens with zero attached hydrogens (tertiary/aromatic N) is 4. The number of pyridine rings is 1. The Morgan fingerprint density at radius 2 is 1.58 bits per heavy atom. The van der Waals surface area contributed by atoms with Gasteiger partial charge in [-0.3, -0.25) is 9.59 Å². The number of para-hydroxylation sites is 1. The number of carboxylic acids is 1. The summed E-state index contributed by atoms with van der Waals surface area (Å²) in [5, 5.41) is 8.28. The van der Waals surface area contributed by atoms with Gasteiger partial charge in [0, 0.05) is 54.3 Å². The first-order valence-corrected chi connectivity index (χ1v) is 21.0. The van der Waals surface area contributed by atoms with E-state index in [4.69, 9.17) is 37.8 Å². The number of rotatable bonds is 13. The van der Waals surface area contributed by atoms with Crippen LogP contribution in [-0.2, 0) is 31.0 Å². The lowest BCUT2D eigenvalue weighted by Gasteiger charge is -2.40. The van der Waals surface area contributed by atoms with Crippen molar-refractivity contribution in [3.8, 4) is 5.75 Å². The lowest BCUT2D eigenvalue weighted by Crippen LogP contribution is -2.61. The summed E-state index contributed by atoms with van der Waals surface area (Å²) < 4.78 is 69.6. The minimum Gasteiger partial charge on any atom is -0.487 e. The standard InChI is InChI=1S/C37H50Cl2N5O5S.C2HF3O2/c1-26-24-27(2)40-35-28(26)12-11-13-31(35)49-25-29-30(38)15-16-32(34(29)39)50(47,48)41-37(17-8-9-18-37)36(46)43-21-19-42(20-22-43)33(45)14-7-6-10-23-44(3,4)5;3-2(4,5)1(6)7/h11-13,15-16,24,41H,6-10,14,17-23,25H2,1-5H3;(H,6,7)/q+1;. The maximum absolute atomic E-state index is 14.1. The Bertz CT molecular complexity index is 2050. The zero-order chi connectivity index (χ0) is 42.3. The topological polar surface area (TPSA) is 146 Å². The van der Waals surface area contributed by atoms with Crippen molar-refractivity contribution in [2.24, 2.45) is 0 Å². The summed E-state index contributed by atoms with van der Waals surface area (Å²) in [6.07, 6.45) is 0.548. The predicted molar refractivity (Wildman–Crippen MR) is 212 cm³/mol. The molecule has 1 saturated carbocycles. The average Bonchev–Trinajstić information content (AvgIpc) is 3.59. The third kappa shape index (κ3) is 12.2. The molecule has 5 rings (SSSR count). The highest BCUT2D eigenvalue weighted by Crippen LogP contribution is 2.37. The number of piperazine rings is 1. The molecule has 18 heteroatoms. The number of carboxylic acid groups (broad SMARTS) is 1. The minimum absolute atomic E-state index is 0.0595. The van der Waals surface area contributed by atoms with Gasteiger partial charge in [-0.15, -0.1) is 0 Å². The van der Waals surface area contributed by atoms with Gasteiger partial charge < -0.3 is 24.1 Å². The summed E-state index contributed by atoms with van der Waals surface area (Å²) in [7, 11) is 2.24. The molecule has 12 nitrogen and oxygen atoms in total. The summed E-state index contributed by atoms with van der Waals surface area (Å²) in [5.74, 6) is -2.38. The maximum Gasteiger partial charge on any atom is 0.490 e. The number of aromatic nitrogens is 1. The van der Waals surface area contributed by atoms with Crippen molar-refractivity contribution in [2.45, 2.75) is 88.4 Å². The van der Waals surface area contributed by atoms with Crippen molar-refractivity contribution in [1.29, 1.82) is 0 Å². The molecule has 1 saturated heterocycles. The second-order valence-corrected chi connectivity index (χ2v) is 18.0. The van der Waals surface area contributed by atoms with Crippen LogP contribution in [0.3, 0.4) is 0 Å². The van der Waals surface area contributed by atoms with Crippen LogP contribution in [0.2, 0.25) is 10.0 Å². The fourth-order valence-corrected chi connectivity index (χ4v) is 9.35. The smallest absolute Gasteiger partial charge is 0.487 e. The van der Waals surface area contributed by atoms with E-state index < -0.39 is 27.7 Å². The van der Waals surface area contributed by atoms with Crippen LogP contribution in [0, 0.1) is 13.8 Å². The van der Waals surface area contributed by atoms with Gasteiger partial charge in [0.05, 0.1) is 32.7 Å². The monoisotopic (exact) mass is 860 g/mol. The van der Waals surface area contributed by atoms with Gasteiger partial charge in [-0.1, -0.05) is 48.2 Å². The molecule has 1 aliphatic heterocycles. The first kappa shape index (κ1) is 46.0. The zero-order valence-corrected chi connectivity index (χ0v) is 35.2. The molecule has 57 heavy (non-hydrogen) atoms. The van der Waals surface area contributed by atoms with Crippen molar-refractivity contribution in [3.63, 3.8) is 0 Å². The van der Waals surface area contributed by atoms with E-state index in [1.165, 1.54) is 12.1 Å². The van der Waals surface area contributed by atoms with Gasteiger partial charge in [-0.25, -0.2) is 18.2 Å². The molecule has 2 amide bonds. The number of nitrogens with one attached hydrogen (secondary N) is 1. The van der Waals surface area contributed by atoms with E-state index in [9.17, 15) is 31.2 Å². The summed E-state index contributed by atoms with van der Waals surface area (Å²) in [5.41, 5.74) is 1.64. The van der Waals surface area contributed by atoms with Crippen LogP contribution in [0.25, 0.3) is 10.9 Å². The largest absolute Gasteiger partial charge is 0.490 e. The molecule has 1 aromatic heterocycles. The zero-order valence-electron chi connectivity index (χ0n) is 32.8. The summed E-state index contributed by atoms with van der Waals surface area (Å²) in [4.78, 5) is 43.9. The Hall–Kier alpha value is -3.70. The molecule has 2 N–H and O–H groups in total. The Kier molecular flexibility index (Phi) is 15.3. The number of carbonyl (C=O) groups excluding carboxylic acids is 2. The number of hydrogen-bond acceptors (Lipinski definition) is 7. The van der Waals surface area contributed by atoms with Crippen molar-refractivity contribution in [3.05, 3.63) is 63.3 Å². The molecule has 0 unspecified atom stereocenters. The summed E-state index contributed by atoms with van der Waals surface area (Å²) in [6, 6.07) is 10.5. The number of aryl methyl sites for hydroxylation is 2. The third-order valence-corrected chi connectivity index (χ3v) is 12.5. The first-order valence-electron chi connectivity index (χ1n) is 18.7. The Morgan fingerprint density at radius 1 is 0.965 bits per heavy atom. The van der Waals surface area contributed by atoms with Gasteiger partial charge in [0.2, 0.25) is 21.8 Å². The van der Waals surface area contributed by atoms with Gasteiger partial charge in [-0.05, 0) is 75.8 Å². The molecule has 2 heterocycles. The number of alkyl halides is 3. The van der Waals surface area contributed by atoms with Gasteiger partial charge >= 0.3 is 12.1 Å². The summed E-state index contributed by atoms with van der Waals surface area (Å²) >= 11 is 13.3. The fraction of sp³-hybridized carbons (Fsp3) is 0.538. The fourth-order valence-electron chi connectivity index (χ4n) is 7.05. The van der Waals surface area contributed by atoms with Crippen molar-refractivity contribution in [1.82, 2.24) is 19.5 Å². The average molecular weight is 862 g/mol. The van der Waals surface area contributed by atoms with Crippen LogP contribution in [0.5, 0.6) is 5.75 Å². The summed E-state index contributed by atoms with van der Waals surface area (Å²) in [6.45, 7) is 6.51. The van der Waals surface area contributed by atoms with Gasteiger partial charge in [0.1, 0.15) is 28.3 Å². The number of hydrogen-bond donors (Lipinski definition) is 2. The number of sulfonamides is 1. The molecule has 1 aliphatic carbocycles. The van der Waals surface area contributed by atoms with Crippen LogP contribution in [0.4, 0.5) is 13.2 Å². The molecular weight excluding hydrogens is 810 g/mol. The first-order chi connectivity index (χ1) is 26.5. The van der Waals surface area contributed by atoms with E-state index in [1.807, 2.05) is 36.9 Å². The highest BCUT2D eigenvalue weighted by molar-refractivity contribution is 7.89. The number of amides is 2. The highest BCUT2D eigenvalue weighted by Gasteiger charge is 2.47. The van der Waals surface area contributed by atoms with E-state index in [1.54, 1.807) is 11.0 Å². The molecule has 0 bridgehead atoms. The number of halogens is 5. The molecule has 2 aliphatic rings. The molecule has 2 fully saturated rings. The Morgan fingerprint density at radius 3 is 2.18 bits per heavy atom. The van der Waals surface area contributed by atoms with Crippen LogP contribution in [0.1, 0.15) is 68.2 Å². The number of benzene rings is 2. The molecular formula is C39H51Cl2F3N5O7S+. The predicted octanol–water partition coefficient (Wildman–Crippen LogP) is 6.90. The number of aliphatic carboxylic acids is 1. The normalized spacial score (nSPS) is 16.0. The number of fused-ring (bicyclic) bond motifs is 1. The molecule has 2 aromatic carbocycles. The number of carbonyl (C=O) groups is 3. The SMILES string of the molecule is Cc1cc(C)c2cccc(OCc3c(Cl)ccc(S(=O)(=O)NC4(C(=O)N5CCN(C(=O)CCCCC[N+](C)(C)C)CC5)CCCC4)c3Cl)c2n1.O=C(O)C(F)(F)F. The minimum atomic E-state index is -5.08. The van der Waals surface area contributed by atoms with Gasteiger partial charge in [0.15, 0.2) is 0 Å². The van der Waals surface area contributed by atoms with E-state index in [0.717, 1.165) is 46.9 Å².